The molecule has 0 aliphatic heterocycles. The summed E-state index contributed by atoms with van der Waals surface area (Å²) < 4.78 is 0. The van der Waals surface area contributed by atoms with Crippen LogP contribution in [0.2, 0.25) is 0 Å². The summed E-state index contributed by atoms with van der Waals surface area (Å²) >= 11 is 0. The fourth-order valence-corrected chi connectivity index (χ4v) is 4.84. The van der Waals surface area contributed by atoms with E-state index in [-0.39, 0.29) is 5.41 Å². The van der Waals surface area contributed by atoms with Gasteiger partial charge in [0.1, 0.15) is 0 Å². The Morgan fingerprint density at radius 3 is 1.34 bits per heavy atom. The molecule has 0 bridgehead atoms. The predicted octanol–water partition coefficient (Wildman–Crippen LogP) is 7.34. The molecule has 0 aliphatic rings. The summed E-state index contributed by atoms with van der Waals surface area (Å²) in [5.74, 6) is 0. The Morgan fingerprint density at radius 2 is 1.00 bits per heavy atom. The SMILES string of the molecule is [B]Cc1cc(C(C)(C)C)cc(C(c2ccccc2)(c2ccccc2)c2ccccc2)c1C. The standard InChI is InChI=1S/C31H31B/c1-23-24(22-32)20-28(30(2,3)4)21-29(23)31(25-14-8-5-9-15-25,26-16-10-6-11-17-26)27-18-12-7-13-19-27/h5-21H,22H2,1-4H3. The lowest BCUT2D eigenvalue weighted by Gasteiger charge is -2.39. The van der Waals surface area contributed by atoms with Crippen LogP contribution in [-0.2, 0) is 17.2 Å². The Kier molecular flexibility index (Phi) is 6.11. The molecule has 0 saturated carbocycles. The van der Waals surface area contributed by atoms with Crippen molar-refractivity contribution in [1.29, 1.82) is 0 Å². The van der Waals surface area contributed by atoms with Crippen molar-refractivity contribution in [3.63, 3.8) is 0 Å². The molecule has 0 atom stereocenters. The fourth-order valence-electron chi connectivity index (χ4n) is 4.84. The molecular weight excluding hydrogens is 383 g/mol. The second-order valence-electron chi connectivity index (χ2n) is 9.61. The molecule has 4 aromatic rings. The molecule has 0 spiro atoms. The zero-order valence-corrected chi connectivity index (χ0v) is 19.6. The lowest BCUT2D eigenvalue weighted by molar-refractivity contribution is 0.585. The summed E-state index contributed by atoms with van der Waals surface area (Å²) in [6.45, 7) is 9.05. The first-order valence-electron chi connectivity index (χ1n) is 11.4. The Labute approximate surface area is 194 Å². The highest BCUT2D eigenvalue weighted by Crippen LogP contribution is 2.47. The summed E-state index contributed by atoms with van der Waals surface area (Å²) in [4.78, 5) is 0. The highest BCUT2D eigenvalue weighted by molar-refractivity contribution is 6.08. The third-order valence-electron chi connectivity index (χ3n) is 6.63. The van der Waals surface area contributed by atoms with Crippen LogP contribution >= 0.6 is 0 Å². The molecule has 1 heteroatoms. The lowest BCUT2D eigenvalue weighted by atomic mass is 9.62. The third kappa shape index (κ3) is 3.82. The van der Waals surface area contributed by atoms with E-state index in [4.69, 9.17) is 7.85 Å². The van der Waals surface area contributed by atoms with Gasteiger partial charge in [0.2, 0.25) is 0 Å². The molecule has 0 nitrogen and oxygen atoms in total. The fraction of sp³-hybridized carbons (Fsp3) is 0.226. The number of hydrogen-bond acceptors (Lipinski definition) is 0. The zero-order chi connectivity index (χ0) is 22.8. The molecule has 0 N–H and O–H groups in total. The lowest BCUT2D eigenvalue weighted by Crippen LogP contribution is -2.33. The Hall–Kier alpha value is -3.06. The number of hydrogen-bond donors (Lipinski definition) is 0. The van der Waals surface area contributed by atoms with Crippen molar-refractivity contribution < 1.29 is 0 Å². The third-order valence-corrected chi connectivity index (χ3v) is 6.63. The second kappa shape index (κ2) is 8.83. The zero-order valence-electron chi connectivity index (χ0n) is 19.6. The molecule has 2 radical (unpaired) electrons. The van der Waals surface area contributed by atoms with Gasteiger partial charge in [-0.05, 0) is 45.7 Å². The van der Waals surface area contributed by atoms with Gasteiger partial charge in [-0.25, -0.2) is 0 Å². The highest BCUT2D eigenvalue weighted by atomic mass is 14.4. The summed E-state index contributed by atoms with van der Waals surface area (Å²) in [5.41, 5.74) is 8.43. The first-order valence-corrected chi connectivity index (χ1v) is 11.4. The van der Waals surface area contributed by atoms with Crippen LogP contribution in [0.25, 0.3) is 0 Å². The molecule has 0 saturated heterocycles. The van der Waals surface area contributed by atoms with Crippen LogP contribution in [0, 0.1) is 6.92 Å². The van der Waals surface area contributed by atoms with Gasteiger partial charge in [-0.2, -0.15) is 0 Å². The van der Waals surface area contributed by atoms with Crippen LogP contribution in [0.15, 0.2) is 103 Å². The topological polar surface area (TPSA) is 0 Å². The van der Waals surface area contributed by atoms with Crippen molar-refractivity contribution in [3.05, 3.63) is 142 Å². The molecule has 0 fully saturated rings. The van der Waals surface area contributed by atoms with Crippen LogP contribution in [0.1, 0.15) is 59.7 Å². The highest BCUT2D eigenvalue weighted by Gasteiger charge is 2.40. The van der Waals surface area contributed by atoms with E-state index in [1.54, 1.807) is 0 Å². The average Bonchev–Trinajstić information content (AvgIpc) is 2.82. The molecule has 4 rings (SSSR count). The Balaban J connectivity index is 2.22. The van der Waals surface area contributed by atoms with E-state index in [0.29, 0.717) is 6.32 Å². The van der Waals surface area contributed by atoms with Gasteiger partial charge in [0.05, 0.1) is 13.3 Å². The van der Waals surface area contributed by atoms with E-state index >= 15 is 0 Å². The molecule has 0 aliphatic carbocycles. The van der Waals surface area contributed by atoms with Crippen LogP contribution < -0.4 is 0 Å². The summed E-state index contributed by atoms with van der Waals surface area (Å²) in [7, 11) is 6.29. The molecule has 0 heterocycles. The monoisotopic (exact) mass is 414 g/mol. The van der Waals surface area contributed by atoms with Gasteiger partial charge >= 0.3 is 0 Å². The molecule has 32 heavy (non-hydrogen) atoms. The van der Waals surface area contributed by atoms with Crippen molar-refractivity contribution in [2.75, 3.05) is 0 Å². The van der Waals surface area contributed by atoms with Gasteiger partial charge in [-0.3, -0.25) is 0 Å². The maximum atomic E-state index is 6.29. The van der Waals surface area contributed by atoms with Gasteiger partial charge in [0.25, 0.3) is 0 Å². The molecular formula is C31H31B. The normalized spacial score (nSPS) is 12.0. The van der Waals surface area contributed by atoms with Gasteiger partial charge < -0.3 is 0 Å². The first kappa shape index (κ1) is 22.2. The minimum atomic E-state index is -0.445. The van der Waals surface area contributed by atoms with Crippen LogP contribution in [0.3, 0.4) is 0 Å². The van der Waals surface area contributed by atoms with E-state index in [1.165, 1.54) is 38.9 Å². The van der Waals surface area contributed by atoms with Crippen molar-refractivity contribution in [2.24, 2.45) is 0 Å². The summed E-state index contributed by atoms with van der Waals surface area (Å²) in [6.07, 6.45) is 0.525. The van der Waals surface area contributed by atoms with Crippen molar-refractivity contribution in [3.8, 4) is 0 Å². The second-order valence-corrected chi connectivity index (χ2v) is 9.61. The van der Waals surface area contributed by atoms with Crippen LogP contribution in [0.4, 0.5) is 0 Å². The minimum Gasteiger partial charge on any atom is -0.0640 e. The number of rotatable bonds is 5. The molecule has 0 aromatic heterocycles. The molecule has 4 aromatic carbocycles. The minimum absolute atomic E-state index is 0.0160. The number of benzene rings is 4. The molecule has 0 amide bonds. The van der Waals surface area contributed by atoms with Gasteiger partial charge in [-0.1, -0.05) is 136 Å². The smallest absolute Gasteiger partial charge is 0.0640 e. The van der Waals surface area contributed by atoms with Crippen LogP contribution in [0.5, 0.6) is 0 Å². The van der Waals surface area contributed by atoms with Gasteiger partial charge in [0, 0.05) is 0 Å². The van der Waals surface area contributed by atoms with Gasteiger partial charge in [0.15, 0.2) is 0 Å². The van der Waals surface area contributed by atoms with E-state index in [1.807, 2.05) is 0 Å². The Bertz CT molecular complexity index is 1070. The predicted molar refractivity (Wildman–Crippen MR) is 138 cm³/mol. The van der Waals surface area contributed by atoms with Gasteiger partial charge in [-0.15, -0.1) is 0 Å². The van der Waals surface area contributed by atoms with E-state index in [9.17, 15) is 0 Å². The first-order chi connectivity index (χ1) is 15.4. The molecule has 158 valence electrons. The van der Waals surface area contributed by atoms with Crippen LogP contribution in [-0.4, -0.2) is 7.85 Å². The van der Waals surface area contributed by atoms with E-state index in [2.05, 4.69) is 131 Å². The van der Waals surface area contributed by atoms with Crippen molar-refractivity contribution >= 4 is 7.85 Å². The quantitative estimate of drug-likeness (QED) is 0.237. The molecule has 0 unspecified atom stereocenters. The Morgan fingerprint density at radius 1 is 0.594 bits per heavy atom. The average molecular weight is 414 g/mol. The largest absolute Gasteiger partial charge is 0.0716 e. The van der Waals surface area contributed by atoms with E-state index < -0.39 is 5.41 Å². The van der Waals surface area contributed by atoms with E-state index in [0.717, 1.165) is 0 Å². The maximum absolute atomic E-state index is 6.29. The summed E-state index contributed by atoms with van der Waals surface area (Å²) in [5, 5.41) is 0. The summed E-state index contributed by atoms with van der Waals surface area (Å²) in [6, 6.07) is 37.4. The van der Waals surface area contributed by atoms with Crippen molar-refractivity contribution in [1.82, 2.24) is 0 Å². The van der Waals surface area contributed by atoms with Crippen molar-refractivity contribution in [2.45, 2.75) is 44.8 Å². The maximum Gasteiger partial charge on any atom is 0.0716 e.